The first kappa shape index (κ1) is 15.7. The number of hydrogen-bond acceptors (Lipinski definition) is 4. The summed E-state index contributed by atoms with van der Waals surface area (Å²) in [4.78, 5) is 6.68. The van der Waals surface area contributed by atoms with Crippen LogP contribution in [0.3, 0.4) is 0 Å². The highest BCUT2D eigenvalue weighted by Crippen LogP contribution is 2.18. The van der Waals surface area contributed by atoms with E-state index in [0.29, 0.717) is 6.61 Å². The molecular formula is C19H21N3O. The summed E-state index contributed by atoms with van der Waals surface area (Å²) >= 11 is 0. The number of nitrogens with zero attached hydrogens (tertiary/aromatic N) is 3. The minimum absolute atomic E-state index is 0.236. The van der Waals surface area contributed by atoms with Gasteiger partial charge in [-0.15, -0.1) is 0 Å². The van der Waals surface area contributed by atoms with Crippen LogP contribution in [0.5, 0.6) is 0 Å². The van der Waals surface area contributed by atoms with Crippen molar-refractivity contribution in [3.8, 4) is 6.07 Å². The van der Waals surface area contributed by atoms with E-state index in [0.717, 1.165) is 49.3 Å². The minimum atomic E-state index is 0.236. The third-order valence-corrected chi connectivity index (χ3v) is 4.19. The molecule has 0 radical (unpaired) electrons. The maximum Gasteiger partial charge on any atom is 0.0995 e. The number of ether oxygens (including phenoxy) is 1. The molecular weight excluding hydrogens is 286 g/mol. The van der Waals surface area contributed by atoms with E-state index in [4.69, 9.17) is 4.74 Å². The Balaban J connectivity index is 1.55. The molecule has 4 heteroatoms. The van der Waals surface area contributed by atoms with E-state index >= 15 is 0 Å². The molecule has 1 aromatic heterocycles. The van der Waals surface area contributed by atoms with E-state index < -0.39 is 0 Å². The van der Waals surface area contributed by atoms with E-state index in [-0.39, 0.29) is 6.10 Å². The number of aromatic nitrogens is 1. The molecule has 118 valence electrons. The molecule has 23 heavy (non-hydrogen) atoms. The Hall–Kier alpha value is -2.22. The Bertz CT molecular complexity index is 666. The number of pyridine rings is 1. The second kappa shape index (κ2) is 7.87. The Kier molecular flexibility index (Phi) is 5.36. The molecule has 0 amide bonds. The van der Waals surface area contributed by atoms with Gasteiger partial charge in [0.25, 0.3) is 0 Å². The molecule has 1 saturated heterocycles. The molecule has 2 heterocycles. The van der Waals surface area contributed by atoms with Gasteiger partial charge >= 0.3 is 0 Å². The molecule has 1 aliphatic heterocycles. The van der Waals surface area contributed by atoms with Gasteiger partial charge in [0.2, 0.25) is 0 Å². The van der Waals surface area contributed by atoms with E-state index in [1.807, 2.05) is 42.5 Å². The van der Waals surface area contributed by atoms with Crippen molar-refractivity contribution in [2.45, 2.75) is 32.1 Å². The molecule has 0 bridgehead atoms. The molecule has 0 spiro atoms. The van der Waals surface area contributed by atoms with Gasteiger partial charge in [-0.2, -0.15) is 5.26 Å². The Morgan fingerprint density at radius 3 is 2.91 bits per heavy atom. The molecule has 0 aliphatic carbocycles. The van der Waals surface area contributed by atoms with E-state index in [9.17, 15) is 5.26 Å². The van der Waals surface area contributed by atoms with Gasteiger partial charge in [0.15, 0.2) is 0 Å². The zero-order valence-corrected chi connectivity index (χ0v) is 13.2. The summed E-state index contributed by atoms with van der Waals surface area (Å²) in [7, 11) is 0. The van der Waals surface area contributed by atoms with Crippen LogP contribution in [0.15, 0.2) is 48.7 Å². The van der Waals surface area contributed by atoms with Crippen LogP contribution in [0.1, 0.15) is 29.7 Å². The van der Waals surface area contributed by atoms with Crippen molar-refractivity contribution in [2.24, 2.45) is 0 Å². The highest BCUT2D eigenvalue weighted by atomic mass is 16.5. The summed E-state index contributed by atoms with van der Waals surface area (Å²) in [5.41, 5.74) is 2.84. The first-order valence-corrected chi connectivity index (χ1v) is 8.07. The topological polar surface area (TPSA) is 49.2 Å². The van der Waals surface area contributed by atoms with Crippen LogP contribution < -0.4 is 0 Å². The minimum Gasteiger partial charge on any atom is -0.371 e. The Morgan fingerprint density at radius 1 is 1.22 bits per heavy atom. The standard InChI is InChI=1S/C19H21N3O/c20-12-16-6-1-2-7-17(16)13-22-11-5-9-19(14-22)23-15-18-8-3-4-10-21-18/h1-4,6-8,10,19H,5,9,11,13-15H2. The first-order valence-electron chi connectivity index (χ1n) is 8.07. The van der Waals surface area contributed by atoms with Crippen LogP contribution in [0.2, 0.25) is 0 Å². The van der Waals surface area contributed by atoms with Crippen LogP contribution in [-0.2, 0) is 17.9 Å². The van der Waals surface area contributed by atoms with Crippen LogP contribution in [-0.4, -0.2) is 29.1 Å². The summed E-state index contributed by atoms with van der Waals surface area (Å²) < 4.78 is 6.02. The van der Waals surface area contributed by atoms with Crippen molar-refractivity contribution in [1.29, 1.82) is 5.26 Å². The number of nitriles is 1. The molecule has 1 fully saturated rings. The largest absolute Gasteiger partial charge is 0.371 e. The molecule has 0 saturated carbocycles. The zero-order chi connectivity index (χ0) is 15.9. The lowest BCUT2D eigenvalue weighted by molar-refractivity contribution is -0.0132. The zero-order valence-electron chi connectivity index (χ0n) is 13.2. The van der Waals surface area contributed by atoms with Crippen molar-refractivity contribution in [1.82, 2.24) is 9.88 Å². The third kappa shape index (κ3) is 4.38. The lowest BCUT2D eigenvalue weighted by Gasteiger charge is -2.32. The van der Waals surface area contributed by atoms with E-state index in [1.54, 1.807) is 6.20 Å². The summed E-state index contributed by atoms with van der Waals surface area (Å²) in [6.07, 6.45) is 4.25. The monoisotopic (exact) mass is 307 g/mol. The Labute approximate surface area is 137 Å². The summed E-state index contributed by atoms with van der Waals surface area (Å²) in [6.45, 7) is 3.34. The number of likely N-dealkylation sites (tertiary alicyclic amines) is 1. The van der Waals surface area contributed by atoms with Gasteiger partial charge in [-0.05, 0) is 43.1 Å². The summed E-state index contributed by atoms with van der Waals surface area (Å²) in [6, 6.07) is 16.0. The predicted octanol–water partition coefficient (Wildman–Crippen LogP) is 3.13. The summed E-state index contributed by atoms with van der Waals surface area (Å²) in [5.74, 6) is 0. The van der Waals surface area contributed by atoms with Crippen LogP contribution >= 0.6 is 0 Å². The number of piperidine rings is 1. The molecule has 1 aliphatic rings. The maximum absolute atomic E-state index is 9.21. The van der Waals surface area contributed by atoms with E-state index in [2.05, 4.69) is 16.0 Å². The quantitative estimate of drug-likeness (QED) is 0.851. The maximum atomic E-state index is 9.21. The fraction of sp³-hybridized carbons (Fsp3) is 0.368. The molecule has 1 atom stereocenters. The van der Waals surface area contributed by atoms with Crippen molar-refractivity contribution in [2.75, 3.05) is 13.1 Å². The molecule has 0 N–H and O–H groups in total. The predicted molar refractivity (Wildman–Crippen MR) is 88.5 cm³/mol. The van der Waals surface area contributed by atoms with Crippen molar-refractivity contribution in [3.63, 3.8) is 0 Å². The van der Waals surface area contributed by atoms with Gasteiger partial charge in [-0.3, -0.25) is 9.88 Å². The van der Waals surface area contributed by atoms with Gasteiger partial charge < -0.3 is 4.74 Å². The fourth-order valence-electron chi connectivity index (χ4n) is 2.99. The lowest BCUT2D eigenvalue weighted by atomic mass is 10.0. The van der Waals surface area contributed by atoms with Crippen LogP contribution in [0, 0.1) is 11.3 Å². The van der Waals surface area contributed by atoms with Gasteiger partial charge in [-0.1, -0.05) is 24.3 Å². The first-order chi connectivity index (χ1) is 11.3. The van der Waals surface area contributed by atoms with Crippen molar-refractivity contribution >= 4 is 0 Å². The number of rotatable bonds is 5. The van der Waals surface area contributed by atoms with Crippen molar-refractivity contribution < 1.29 is 4.74 Å². The van der Waals surface area contributed by atoms with Gasteiger partial charge in [0.05, 0.1) is 30.0 Å². The Morgan fingerprint density at radius 2 is 2.09 bits per heavy atom. The molecule has 4 nitrogen and oxygen atoms in total. The van der Waals surface area contributed by atoms with Gasteiger partial charge in [-0.25, -0.2) is 0 Å². The average Bonchev–Trinajstić information content (AvgIpc) is 2.62. The fourth-order valence-corrected chi connectivity index (χ4v) is 2.99. The van der Waals surface area contributed by atoms with Gasteiger partial charge in [0, 0.05) is 19.3 Å². The van der Waals surface area contributed by atoms with Crippen LogP contribution in [0.4, 0.5) is 0 Å². The molecule has 1 unspecified atom stereocenters. The molecule has 1 aromatic carbocycles. The number of hydrogen-bond donors (Lipinski definition) is 0. The highest BCUT2D eigenvalue weighted by Gasteiger charge is 2.21. The highest BCUT2D eigenvalue weighted by molar-refractivity contribution is 5.37. The lowest BCUT2D eigenvalue weighted by Crippen LogP contribution is -2.39. The average molecular weight is 307 g/mol. The summed E-state index contributed by atoms with van der Waals surface area (Å²) in [5, 5.41) is 9.21. The van der Waals surface area contributed by atoms with E-state index in [1.165, 1.54) is 0 Å². The second-order valence-electron chi connectivity index (χ2n) is 5.90. The van der Waals surface area contributed by atoms with Gasteiger partial charge in [0.1, 0.15) is 0 Å². The SMILES string of the molecule is N#Cc1ccccc1CN1CCCC(OCc2ccccn2)C1. The number of benzene rings is 1. The third-order valence-electron chi connectivity index (χ3n) is 4.19. The second-order valence-corrected chi connectivity index (χ2v) is 5.90. The molecule has 2 aromatic rings. The molecule has 3 rings (SSSR count). The normalized spacial score (nSPS) is 18.5. The van der Waals surface area contributed by atoms with Crippen LogP contribution in [0.25, 0.3) is 0 Å². The van der Waals surface area contributed by atoms with Crippen molar-refractivity contribution in [3.05, 3.63) is 65.5 Å². The smallest absolute Gasteiger partial charge is 0.0995 e.